The van der Waals surface area contributed by atoms with Crippen LogP contribution in [0.3, 0.4) is 0 Å². The summed E-state index contributed by atoms with van der Waals surface area (Å²) in [6.07, 6.45) is 4.38. The van der Waals surface area contributed by atoms with Gasteiger partial charge in [-0.1, -0.05) is 0 Å². The van der Waals surface area contributed by atoms with Crippen LogP contribution in [0.2, 0.25) is 0 Å². The number of nitrogens with zero attached hydrogens (tertiary/aromatic N) is 2. The zero-order chi connectivity index (χ0) is 6.91. The maximum Gasteiger partial charge on any atom is 0.158 e. The van der Waals surface area contributed by atoms with Gasteiger partial charge < -0.3 is 17.3 Å². The summed E-state index contributed by atoms with van der Waals surface area (Å²) in [6.45, 7) is 4.42. The highest BCUT2D eigenvalue weighted by Gasteiger charge is 2.19. The van der Waals surface area contributed by atoms with Crippen LogP contribution in [0.15, 0.2) is 12.4 Å². The van der Waals surface area contributed by atoms with E-state index in [1.807, 2.05) is 0 Å². The van der Waals surface area contributed by atoms with Crippen LogP contribution in [-0.2, 0) is 0 Å². The standard InChI is InChI=1S/C7H15N2.ClH/c1-4-8-5-6-9(2,3)7-8;/h5-6H,4,7H2,1-3H3;1H/q+1;/p-1. The molecule has 0 radical (unpaired) electrons. The minimum Gasteiger partial charge on any atom is -1.00 e. The van der Waals surface area contributed by atoms with E-state index in [-0.39, 0.29) is 12.4 Å². The Hall–Kier alpha value is -0.210. The number of hydrogen-bond donors (Lipinski definition) is 0. The summed E-state index contributed by atoms with van der Waals surface area (Å²) in [6, 6.07) is 0. The fourth-order valence-corrected chi connectivity index (χ4v) is 1.04. The highest BCUT2D eigenvalue weighted by Crippen LogP contribution is 2.09. The van der Waals surface area contributed by atoms with E-state index in [1.54, 1.807) is 0 Å². The molecule has 0 spiro atoms. The van der Waals surface area contributed by atoms with Crippen molar-refractivity contribution in [2.45, 2.75) is 6.92 Å². The molecule has 0 aliphatic carbocycles. The van der Waals surface area contributed by atoms with Gasteiger partial charge in [0.2, 0.25) is 0 Å². The second-order valence-electron chi connectivity index (χ2n) is 3.12. The van der Waals surface area contributed by atoms with Gasteiger partial charge in [-0.3, -0.25) is 4.48 Å². The van der Waals surface area contributed by atoms with Crippen molar-refractivity contribution < 1.29 is 16.9 Å². The number of quaternary nitrogens is 1. The van der Waals surface area contributed by atoms with E-state index in [1.165, 1.54) is 0 Å². The molecule has 1 heterocycles. The van der Waals surface area contributed by atoms with Crippen LogP contribution in [0.5, 0.6) is 0 Å². The second-order valence-corrected chi connectivity index (χ2v) is 3.12. The summed E-state index contributed by atoms with van der Waals surface area (Å²) in [7, 11) is 4.40. The summed E-state index contributed by atoms with van der Waals surface area (Å²) >= 11 is 0. The van der Waals surface area contributed by atoms with Crippen LogP contribution in [0.1, 0.15) is 6.92 Å². The highest BCUT2D eigenvalue weighted by molar-refractivity contribution is 4.78. The third kappa shape index (κ3) is 2.20. The predicted molar refractivity (Wildman–Crippen MR) is 38.5 cm³/mol. The smallest absolute Gasteiger partial charge is 0.158 e. The minimum absolute atomic E-state index is 0. The van der Waals surface area contributed by atoms with Crippen molar-refractivity contribution in [1.29, 1.82) is 0 Å². The van der Waals surface area contributed by atoms with Crippen molar-refractivity contribution >= 4 is 0 Å². The Morgan fingerprint density at radius 1 is 1.50 bits per heavy atom. The van der Waals surface area contributed by atoms with Crippen molar-refractivity contribution in [2.75, 3.05) is 27.3 Å². The average Bonchev–Trinajstić information content (AvgIpc) is 2.10. The zero-order valence-corrected chi connectivity index (χ0v) is 7.60. The fourth-order valence-electron chi connectivity index (χ4n) is 1.04. The van der Waals surface area contributed by atoms with Gasteiger partial charge in [0, 0.05) is 6.54 Å². The molecule has 3 heteroatoms. The topological polar surface area (TPSA) is 3.24 Å². The first-order valence-corrected chi connectivity index (χ1v) is 3.40. The SMILES string of the molecule is CCN1C=C[N+](C)(C)C1.[Cl-]. The van der Waals surface area contributed by atoms with Gasteiger partial charge in [0.05, 0.1) is 20.3 Å². The molecule has 0 bridgehead atoms. The normalized spacial score (nSPS) is 20.9. The molecule has 0 N–H and O–H groups in total. The lowest BCUT2D eigenvalue weighted by Gasteiger charge is -2.22. The molecule has 1 aliphatic rings. The molecule has 0 unspecified atom stereocenters. The molecule has 10 heavy (non-hydrogen) atoms. The van der Waals surface area contributed by atoms with Gasteiger partial charge in [-0.05, 0) is 6.92 Å². The Balaban J connectivity index is 0.000000810. The molecule has 0 fully saturated rings. The van der Waals surface area contributed by atoms with E-state index in [9.17, 15) is 0 Å². The molecule has 0 atom stereocenters. The molecule has 2 nitrogen and oxygen atoms in total. The molecule has 0 amide bonds. The minimum atomic E-state index is 0. The Kier molecular flexibility index (Phi) is 3.19. The molecular weight excluding hydrogens is 148 g/mol. The summed E-state index contributed by atoms with van der Waals surface area (Å²) in [5.74, 6) is 0. The predicted octanol–water partition coefficient (Wildman–Crippen LogP) is -2.17. The molecule has 0 aromatic rings. The van der Waals surface area contributed by atoms with Gasteiger partial charge in [-0.15, -0.1) is 0 Å². The van der Waals surface area contributed by atoms with Gasteiger partial charge in [0.15, 0.2) is 6.67 Å². The third-order valence-electron chi connectivity index (χ3n) is 1.63. The van der Waals surface area contributed by atoms with Crippen molar-refractivity contribution in [2.24, 2.45) is 0 Å². The van der Waals surface area contributed by atoms with Crippen LogP contribution in [0.4, 0.5) is 0 Å². The van der Waals surface area contributed by atoms with Crippen LogP contribution < -0.4 is 12.4 Å². The molecule has 0 saturated carbocycles. The van der Waals surface area contributed by atoms with Crippen molar-refractivity contribution in [3.05, 3.63) is 12.4 Å². The summed E-state index contributed by atoms with van der Waals surface area (Å²) < 4.78 is 0.994. The van der Waals surface area contributed by atoms with E-state index in [0.717, 1.165) is 17.7 Å². The van der Waals surface area contributed by atoms with Gasteiger partial charge in [-0.25, -0.2) is 0 Å². The Morgan fingerprint density at radius 3 is 2.30 bits per heavy atom. The van der Waals surface area contributed by atoms with Crippen molar-refractivity contribution in [3.8, 4) is 0 Å². The number of hydrogen-bond acceptors (Lipinski definition) is 1. The average molecular weight is 163 g/mol. The first-order valence-electron chi connectivity index (χ1n) is 3.40. The Morgan fingerprint density at radius 2 is 2.10 bits per heavy atom. The maximum atomic E-state index is 2.31. The lowest BCUT2D eigenvalue weighted by molar-refractivity contribution is -0.840. The second kappa shape index (κ2) is 3.26. The Bertz CT molecular complexity index is 132. The molecule has 0 aromatic heterocycles. The van der Waals surface area contributed by atoms with E-state index in [2.05, 4.69) is 38.3 Å². The molecule has 0 aromatic carbocycles. The molecule has 60 valence electrons. The summed E-state index contributed by atoms with van der Waals surface area (Å²) in [5, 5.41) is 0. The van der Waals surface area contributed by atoms with E-state index in [4.69, 9.17) is 0 Å². The molecule has 1 aliphatic heterocycles. The molecular formula is C7H15ClN2. The van der Waals surface area contributed by atoms with Crippen LogP contribution in [0.25, 0.3) is 0 Å². The quantitative estimate of drug-likeness (QED) is 0.397. The van der Waals surface area contributed by atoms with Crippen molar-refractivity contribution in [1.82, 2.24) is 4.90 Å². The zero-order valence-electron chi connectivity index (χ0n) is 6.84. The summed E-state index contributed by atoms with van der Waals surface area (Å²) in [4.78, 5) is 2.31. The number of rotatable bonds is 1. The van der Waals surface area contributed by atoms with E-state index >= 15 is 0 Å². The van der Waals surface area contributed by atoms with Gasteiger partial charge in [-0.2, -0.15) is 0 Å². The molecule has 1 rings (SSSR count). The van der Waals surface area contributed by atoms with Crippen LogP contribution in [0, 0.1) is 0 Å². The van der Waals surface area contributed by atoms with Gasteiger partial charge in [0.25, 0.3) is 0 Å². The van der Waals surface area contributed by atoms with E-state index < -0.39 is 0 Å². The lowest BCUT2D eigenvalue weighted by atomic mass is 10.6. The first kappa shape index (κ1) is 9.79. The van der Waals surface area contributed by atoms with Gasteiger partial charge in [0.1, 0.15) is 6.20 Å². The lowest BCUT2D eigenvalue weighted by Crippen LogP contribution is -3.00. The van der Waals surface area contributed by atoms with E-state index in [0.29, 0.717) is 0 Å². The summed E-state index contributed by atoms with van der Waals surface area (Å²) in [5.41, 5.74) is 0. The monoisotopic (exact) mass is 162 g/mol. The first-order chi connectivity index (χ1) is 4.14. The fraction of sp³-hybridized carbons (Fsp3) is 0.714. The van der Waals surface area contributed by atoms with Crippen LogP contribution in [-0.4, -0.2) is 36.7 Å². The highest BCUT2D eigenvalue weighted by atomic mass is 35.5. The largest absolute Gasteiger partial charge is 1.00 e. The Labute approximate surface area is 69.1 Å². The maximum absolute atomic E-state index is 2.31. The van der Waals surface area contributed by atoms with Crippen molar-refractivity contribution in [3.63, 3.8) is 0 Å². The third-order valence-corrected chi connectivity index (χ3v) is 1.63. The number of halogens is 1. The van der Waals surface area contributed by atoms with Crippen LogP contribution >= 0.6 is 0 Å². The molecule has 0 saturated heterocycles. The van der Waals surface area contributed by atoms with Gasteiger partial charge >= 0.3 is 0 Å².